The van der Waals surface area contributed by atoms with Crippen molar-refractivity contribution in [2.45, 2.75) is 20.8 Å². The molecule has 0 fully saturated rings. The lowest BCUT2D eigenvalue weighted by Crippen LogP contribution is -2.15. The molecule has 0 aliphatic rings. The van der Waals surface area contributed by atoms with Crippen molar-refractivity contribution >= 4 is 55.1 Å². The van der Waals surface area contributed by atoms with Crippen molar-refractivity contribution in [1.29, 1.82) is 0 Å². The van der Waals surface area contributed by atoms with Crippen molar-refractivity contribution in [2.75, 3.05) is 13.7 Å². The van der Waals surface area contributed by atoms with E-state index >= 15 is 0 Å². The summed E-state index contributed by atoms with van der Waals surface area (Å²) in [5.74, 6) is 0.174. The van der Waals surface area contributed by atoms with Crippen LogP contribution in [-0.4, -0.2) is 29.7 Å². The Morgan fingerprint density at radius 2 is 2.11 bits per heavy atom. The van der Waals surface area contributed by atoms with Gasteiger partial charge in [-0.2, -0.15) is 0 Å². The van der Waals surface area contributed by atoms with E-state index in [1.54, 1.807) is 26.2 Å². The highest BCUT2D eigenvalue weighted by molar-refractivity contribution is 9.10. The number of hydrogen-bond acceptors (Lipinski definition) is 6. The second-order valence-corrected chi connectivity index (χ2v) is 8.16. The number of benzene rings is 1. The number of aromatic nitrogens is 2. The molecular weight excluding hydrogens is 444 g/mol. The number of nitrogens with one attached hydrogen (secondary N) is 1. The Bertz CT molecular complexity index is 1150. The van der Waals surface area contributed by atoms with E-state index in [0.29, 0.717) is 21.5 Å². The van der Waals surface area contributed by atoms with Crippen molar-refractivity contribution in [2.24, 2.45) is 0 Å². The first-order valence-electron chi connectivity index (χ1n) is 8.58. The number of hydrogen-bond donors (Lipinski definition) is 1. The van der Waals surface area contributed by atoms with E-state index in [-0.39, 0.29) is 23.6 Å². The molecule has 0 spiro atoms. The Labute approximate surface area is 174 Å². The average Bonchev–Trinajstić information content (AvgIpc) is 2.94. The molecule has 8 heteroatoms. The van der Waals surface area contributed by atoms with Gasteiger partial charge in [-0.25, -0.2) is 9.78 Å². The number of esters is 1. The monoisotopic (exact) mass is 462 g/mol. The minimum atomic E-state index is -0.572. The van der Waals surface area contributed by atoms with Gasteiger partial charge in [0.15, 0.2) is 0 Å². The van der Waals surface area contributed by atoms with Gasteiger partial charge in [0, 0.05) is 14.9 Å². The molecule has 3 rings (SSSR count). The minimum Gasteiger partial charge on any atom is -0.496 e. The number of halogens is 1. The molecule has 0 bridgehead atoms. The number of aromatic amines is 1. The fraction of sp³-hybridized carbons (Fsp3) is 0.250. The first kappa shape index (κ1) is 20.3. The van der Waals surface area contributed by atoms with Crippen molar-refractivity contribution in [1.82, 2.24) is 9.97 Å². The third-order valence-corrected chi connectivity index (χ3v) is 5.88. The lowest BCUT2D eigenvalue weighted by molar-refractivity contribution is -0.136. The van der Waals surface area contributed by atoms with Crippen LogP contribution < -0.4 is 10.3 Å². The molecule has 0 radical (unpaired) electrons. The smallest absolute Gasteiger partial charge is 0.341 e. The van der Waals surface area contributed by atoms with Gasteiger partial charge in [-0.3, -0.25) is 4.79 Å². The summed E-state index contributed by atoms with van der Waals surface area (Å²) in [7, 11) is 1.55. The number of carbonyl (C=O) groups excluding carboxylic acids is 1. The van der Waals surface area contributed by atoms with Gasteiger partial charge in [0.05, 0.1) is 19.1 Å². The van der Waals surface area contributed by atoms with Crippen LogP contribution in [0.15, 0.2) is 27.5 Å². The summed E-state index contributed by atoms with van der Waals surface area (Å²) in [5, 5.41) is 0.550. The maximum atomic E-state index is 12.7. The molecule has 0 saturated heterocycles. The quantitative estimate of drug-likeness (QED) is 0.446. The van der Waals surface area contributed by atoms with Crippen LogP contribution in [0.25, 0.3) is 21.9 Å². The normalized spacial score (nSPS) is 11.7. The number of aryl methyl sites for hydroxylation is 2. The molecule has 2 heterocycles. The molecular formula is C20H19BrN2O4S. The minimum absolute atomic E-state index is 0.154. The van der Waals surface area contributed by atoms with Crippen LogP contribution in [-0.2, 0) is 9.53 Å². The predicted molar refractivity (Wildman–Crippen MR) is 115 cm³/mol. The van der Waals surface area contributed by atoms with Crippen LogP contribution in [0.1, 0.15) is 28.8 Å². The number of methoxy groups -OCH3 is 1. The van der Waals surface area contributed by atoms with Crippen LogP contribution in [0.2, 0.25) is 0 Å². The molecule has 0 saturated carbocycles. The van der Waals surface area contributed by atoms with Crippen LogP contribution in [0.5, 0.6) is 5.75 Å². The Balaban J connectivity index is 2.25. The lowest BCUT2D eigenvalue weighted by Gasteiger charge is -2.09. The highest BCUT2D eigenvalue weighted by Crippen LogP contribution is 2.30. The highest BCUT2D eigenvalue weighted by atomic mass is 79.9. The van der Waals surface area contributed by atoms with Gasteiger partial charge in [-0.15, -0.1) is 11.3 Å². The summed E-state index contributed by atoms with van der Waals surface area (Å²) in [6.45, 7) is 5.75. The standard InChI is InChI=1S/C20H19BrN2O4S/c1-5-27-20(25)14(9-12-8-13(21)6-7-15(12)26-4)17-22-18(24)16-10(2)11(3)28-19(16)23-17/h6-9H,5H2,1-4H3,(H,22,23,24)/b14-9+. The van der Waals surface area contributed by atoms with Gasteiger partial charge in [0.2, 0.25) is 0 Å². The van der Waals surface area contributed by atoms with Crippen LogP contribution in [0.3, 0.4) is 0 Å². The molecule has 1 N–H and O–H groups in total. The molecule has 1 aromatic carbocycles. The molecule has 0 amide bonds. The van der Waals surface area contributed by atoms with Crippen LogP contribution in [0.4, 0.5) is 0 Å². The molecule has 28 heavy (non-hydrogen) atoms. The molecule has 0 unspecified atom stereocenters. The zero-order valence-electron chi connectivity index (χ0n) is 15.9. The van der Waals surface area contributed by atoms with Crippen molar-refractivity contribution in [3.05, 3.63) is 54.9 Å². The largest absolute Gasteiger partial charge is 0.496 e. The van der Waals surface area contributed by atoms with E-state index in [9.17, 15) is 9.59 Å². The zero-order valence-corrected chi connectivity index (χ0v) is 18.3. The van der Waals surface area contributed by atoms with Gasteiger partial charge < -0.3 is 14.5 Å². The van der Waals surface area contributed by atoms with Crippen LogP contribution in [0, 0.1) is 13.8 Å². The van der Waals surface area contributed by atoms with E-state index in [1.807, 2.05) is 26.0 Å². The molecule has 3 aromatic rings. The summed E-state index contributed by atoms with van der Waals surface area (Å²) in [4.78, 5) is 34.2. The number of ether oxygens (including phenoxy) is 2. The van der Waals surface area contributed by atoms with Crippen molar-refractivity contribution < 1.29 is 14.3 Å². The molecule has 2 aromatic heterocycles. The van der Waals surface area contributed by atoms with Gasteiger partial charge in [0.25, 0.3) is 5.56 Å². The second-order valence-electron chi connectivity index (χ2n) is 6.04. The lowest BCUT2D eigenvalue weighted by atomic mass is 10.1. The fourth-order valence-corrected chi connectivity index (χ4v) is 4.20. The topological polar surface area (TPSA) is 81.3 Å². The molecule has 0 aliphatic carbocycles. The third-order valence-electron chi connectivity index (χ3n) is 4.28. The third kappa shape index (κ3) is 3.88. The molecule has 0 atom stereocenters. The van der Waals surface area contributed by atoms with Crippen molar-refractivity contribution in [3.8, 4) is 5.75 Å². The van der Waals surface area contributed by atoms with E-state index in [1.165, 1.54) is 11.3 Å². The van der Waals surface area contributed by atoms with Gasteiger partial charge in [-0.05, 0) is 50.6 Å². The first-order chi connectivity index (χ1) is 13.3. The Morgan fingerprint density at radius 3 is 2.79 bits per heavy atom. The maximum Gasteiger partial charge on any atom is 0.341 e. The van der Waals surface area contributed by atoms with E-state index in [2.05, 4.69) is 25.9 Å². The summed E-state index contributed by atoms with van der Waals surface area (Å²) in [5.41, 5.74) is 1.43. The van der Waals surface area contributed by atoms with Crippen molar-refractivity contribution in [3.63, 3.8) is 0 Å². The highest BCUT2D eigenvalue weighted by Gasteiger charge is 2.20. The van der Waals surface area contributed by atoms with E-state index < -0.39 is 5.97 Å². The van der Waals surface area contributed by atoms with Gasteiger partial charge >= 0.3 is 5.97 Å². The van der Waals surface area contributed by atoms with Crippen LogP contribution >= 0.6 is 27.3 Å². The number of fused-ring (bicyclic) bond motifs is 1. The van der Waals surface area contributed by atoms with E-state index in [0.717, 1.165) is 14.9 Å². The predicted octanol–water partition coefficient (Wildman–Crippen LogP) is 4.48. The molecule has 6 nitrogen and oxygen atoms in total. The summed E-state index contributed by atoms with van der Waals surface area (Å²) in [6.07, 6.45) is 1.61. The molecule has 0 aliphatic heterocycles. The first-order valence-corrected chi connectivity index (χ1v) is 10.2. The van der Waals surface area contributed by atoms with E-state index in [4.69, 9.17) is 9.47 Å². The van der Waals surface area contributed by atoms with Gasteiger partial charge in [0.1, 0.15) is 22.0 Å². The summed E-state index contributed by atoms with van der Waals surface area (Å²) >= 11 is 4.84. The second kappa shape index (κ2) is 8.28. The van der Waals surface area contributed by atoms with Gasteiger partial charge in [-0.1, -0.05) is 15.9 Å². The fourth-order valence-electron chi connectivity index (χ4n) is 2.79. The number of carbonyl (C=O) groups is 1. The summed E-state index contributed by atoms with van der Waals surface area (Å²) in [6, 6.07) is 5.43. The number of H-pyrrole nitrogens is 1. The zero-order chi connectivity index (χ0) is 20.4. The Kier molecular flexibility index (Phi) is 6.00. The Hall–Kier alpha value is -2.45. The number of thiophene rings is 1. The molecule has 146 valence electrons. The number of nitrogens with zero attached hydrogens (tertiary/aromatic N) is 1. The maximum absolute atomic E-state index is 12.7. The SMILES string of the molecule is CCOC(=O)/C(=C/c1cc(Br)ccc1OC)c1nc2sc(C)c(C)c2c(=O)[nH]1. The average molecular weight is 463 g/mol. The summed E-state index contributed by atoms with van der Waals surface area (Å²) < 4.78 is 11.4. The Morgan fingerprint density at radius 1 is 1.36 bits per heavy atom. The number of rotatable bonds is 5.